The molecule has 0 heterocycles. The van der Waals surface area contributed by atoms with Gasteiger partial charge in [0.1, 0.15) is 0 Å². The molecule has 0 saturated carbocycles. The molecule has 1 aromatic rings. The van der Waals surface area contributed by atoms with E-state index in [0.29, 0.717) is 12.1 Å². The van der Waals surface area contributed by atoms with Crippen LogP contribution in [0.15, 0.2) is 18.2 Å². The predicted octanol–water partition coefficient (Wildman–Crippen LogP) is 3.24. The molecule has 2 N–H and O–H groups in total. The summed E-state index contributed by atoms with van der Waals surface area (Å²) in [4.78, 5) is 0. The molecule has 0 atom stereocenters. The highest BCUT2D eigenvalue weighted by Crippen LogP contribution is 2.36. The van der Waals surface area contributed by atoms with Gasteiger partial charge in [0.2, 0.25) is 0 Å². The minimum absolute atomic E-state index is 0.0772. The highest BCUT2D eigenvalue weighted by Gasteiger charge is 2.36. The molecule has 0 aromatic heterocycles. The molecule has 0 aliphatic rings. The van der Waals surface area contributed by atoms with E-state index in [4.69, 9.17) is 5.73 Å². The summed E-state index contributed by atoms with van der Waals surface area (Å²) >= 11 is 0. The lowest BCUT2D eigenvalue weighted by Crippen LogP contribution is -2.12. The highest BCUT2D eigenvalue weighted by atomic mass is 19.4. The van der Waals surface area contributed by atoms with Crippen LogP contribution in [-0.4, -0.2) is 6.54 Å². The van der Waals surface area contributed by atoms with Crippen LogP contribution < -0.4 is 5.73 Å². The van der Waals surface area contributed by atoms with Gasteiger partial charge in [0.05, 0.1) is 11.1 Å². The van der Waals surface area contributed by atoms with Gasteiger partial charge in [0.25, 0.3) is 0 Å². The van der Waals surface area contributed by atoms with E-state index in [1.54, 1.807) is 0 Å². The van der Waals surface area contributed by atoms with Gasteiger partial charge in [-0.3, -0.25) is 0 Å². The van der Waals surface area contributed by atoms with Gasteiger partial charge in [-0.25, -0.2) is 0 Å². The maximum atomic E-state index is 12.4. The number of rotatable bonds is 2. The quantitative estimate of drug-likeness (QED) is 0.808. The fourth-order valence-corrected chi connectivity index (χ4v) is 1.23. The van der Waals surface area contributed by atoms with Crippen LogP contribution in [0.5, 0.6) is 0 Å². The summed E-state index contributed by atoms with van der Waals surface area (Å²) in [6.07, 6.45) is -8.55. The first kappa shape index (κ1) is 13.8. The Morgan fingerprint density at radius 1 is 0.882 bits per heavy atom. The van der Waals surface area contributed by atoms with Crippen molar-refractivity contribution in [3.05, 3.63) is 41.3 Å². The average molecular weight is 256 g/mol. The molecule has 7 heteroatoms. The molecule has 0 spiro atoms. The van der Waals surface area contributed by atoms with Gasteiger partial charge >= 0.3 is 12.4 Å². The van der Waals surface area contributed by atoms with E-state index in [0.717, 1.165) is 6.42 Å². The van der Waals surface area contributed by atoms with Crippen molar-refractivity contribution in [3.63, 3.8) is 0 Å². The standard InChI is InChI=1S/C10H8F6N/c11-9(12,13)7-3-6(1-2-17)4-8(5-7)10(14,15)16/h1,3-5H,2,17H2. The van der Waals surface area contributed by atoms with Gasteiger partial charge in [0.15, 0.2) is 0 Å². The maximum absolute atomic E-state index is 12.4. The lowest BCUT2D eigenvalue weighted by Gasteiger charge is -2.13. The highest BCUT2D eigenvalue weighted by molar-refractivity contribution is 5.37. The van der Waals surface area contributed by atoms with Crippen molar-refractivity contribution < 1.29 is 26.3 Å². The molecule has 0 unspecified atom stereocenters. The summed E-state index contributed by atoms with van der Waals surface area (Å²) in [5.41, 5.74) is 2.18. The second-order valence-corrected chi connectivity index (χ2v) is 3.28. The lowest BCUT2D eigenvalue weighted by atomic mass is 10.0. The summed E-state index contributed by atoms with van der Waals surface area (Å²) < 4.78 is 74.2. The van der Waals surface area contributed by atoms with E-state index in [-0.39, 0.29) is 18.2 Å². The number of benzene rings is 1. The van der Waals surface area contributed by atoms with Crippen LogP contribution in [0.4, 0.5) is 26.3 Å². The summed E-state index contributed by atoms with van der Waals surface area (Å²) in [6.45, 7) is -0.140. The van der Waals surface area contributed by atoms with Crippen LogP contribution in [0.3, 0.4) is 0 Å². The molecule has 1 nitrogen and oxygen atoms in total. The third kappa shape index (κ3) is 3.62. The summed E-state index contributed by atoms with van der Waals surface area (Å²) in [5, 5.41) is 0. The molecule has 17 heavy (non-hydrogen) atoms. The number of alkyl halides is 6. The van der Waals surface area contributed by atoms with E-state index in [1.165, 1.54) is 0 Å². The molecular weight excluding hydrogens is 248 g/mol. The van der Waals surface area contributed by atoms with Crippen LogP contribution in [0.2, 0.25) is 0 Å². The normalized spacial score (nSPS) is 12.9. The first-order chi connectivity index (χ1) is 7.64. The van der Waals surface area contributed by atoms with Crippen LogP contribution in [0, 0.1) is 6.42 Å². The Hall–Kier alpha value is -1.24. The largest absolute Gasteiger partial charge is 0.416 e. The molecular formula is C10H8F6N. The Kier molecular flexibility index (Phi) is 3.71. The summed E-state index contributed by atoms with van der Waals surface area (Å²) in [7, 11) is 0. The molecule has 0 aliphatic heterocycles. The Morgan fingerprint density at radius 3 is 1.59 bits per heavy atom. The monoisotopic (exact) mass is 256 g/mol. The second-order valence-electron chi connectivity index (χ2n) is 3.28. The summed E-state index contributed by atoms with van der Waals surface area (Å²) in [6, 6.07) is 1.33. The van der Waals surface area contributed by atoms with Crippen LogP contribution in [-0.2, 0) is 12.4 Å². The van der Waals surface area contributed by atoms with E-state index in [2.05, 4.69) is 0 Å². The van der Waals surface area contributed by atoms with Crippen molar-refractivity contribution in [2.45, 2.75) is 12.4 Å². The topological polar surface area (TPSA) is 26.0 Å². The van der Waals surface area contributed by atoms with Crippen molar-refractivity contribution in [2.24, 2.45) is 5.73 Å². The van der Waals surface area contributed by atoms with Gasteiger partial charge in [-0.05, 0) is 30.3 Å². The number of halogens is 6. The smallest absolute Gasteiger partial charge is 0.330 e. The van der Waals surface area contributed by atoms with Crippen LogP contribution in [0.1, 0.15) is 16.7 Å². The Labute approximate surface area is 93.2 Å². The van der Waals surface area contributed by atoms with Gasteiger partial charge in [-0.2, -0.15) is 26.3 Å². The minimum atomic E-state index is -4.82. The minimum Gasteiger partial charge on any atom is -0.330 e. The van der Waals surface area contributed by atoms with E-state index >= 15 is 0 Å². The molecule has 1 radical (unpaired) electrons. The third-order valence-corrected chi connectivity index (χ3v) is 1.96. The molecule has 1 rings (SSSR count). The number of hydrogen-bond donors (Lipinski definition) is 1. The van der Waals surface area contributed by atoms with Gasteiger partial charge in [-0.15, -0.1) is 0 Å². The van der Waals surface area contributed by atoms with Crippen LogP contribution >= 0.6 is 0 Å². The van der Waals surface area contributed by atoms with E-state index in [1.807, 2.05) is 0 Å². The molecule has 0 amide bonds. The van der Waals surface area contributed by atoms with Crippen molar-refractivity contribution in [1.29, 1.82) is 0 Å². The molecule has 0 saturated heterocycles. The van der Waals surface area contributed by atoms with Gasteiger partial charge < -0.3 is 5.73 Å². The molecule has 0 bridgehead atoms. The lowest BCUT2D eigenvalue weighted by molar-refractivity contribution is -0.143. The Morgan fingerprint density at radius 2 is 1.29 bits per heavy atom. The SMILES string of the molecule is NC[CH]c1cc(C(F)(F)F)cc(C(F)(F)F)c1. The van der Waals surface area contributed by atoms with Gasteiger partial charge in [-0.1, -0.05) is 0 Å². The van der Waals surface area contributed by atoms with Crippen molar-refractivity contribution in [3.8, 4) is 0 Å². The van der Waals surface area contributed by atoms with E-state index in [9.17, 15) is 26.3 Å². The maximum Gasteiger partial charge on any atom is 0.416 e. The zero-order valence-corrected chi connectivity index (χ0v) is 8.36. The molecule has 0 fully saturated rings. The second kappa shape index (κ2) is 4.56. The van der Waals surface area contributed by atoms with Crippen molar-refractivity contribution in [1.82, 2.24) is 0 Å². The fourth-order valence-electron chi connectivity index (χ4n) is 1.23. The fraction of sp³-hybridized carbons (Fsp3) is 0.300. The molecule has 0 aliphatic carbocycles. The van der Waals surface area contributed by atoms with Crippen LogP contribution in [0.25, 0.3) is 0 Å². The van der Waals surface area contributed by atoms with E-state index < -0.39 is 23.5 Å². The first-order valence-electron chi connectivity index (χ1n) is 4.47. The predicted molar refractivity (Wildman–Crippen MR) is 48.9 cm³/mol. The zero-order chi connectivity index (χ0) is 13.3. The molecule has 1 aromatic carbocycles. The molecule has 95 valence electrons. The van der Waals surface area contributed by atoms with Crippen molar-refractivity contribution >= 4 is 0 Å². The third-order valence-electron chi connectivity index (χ3n) is 1.96. The Bertz CT molecular complexity index is 361. The Balaban J connectivity index is 3.29. The average Bonchev–Trinajstić information content (AvgIpc) is 2.15. The number of hydrogen-bond acceptors (Lipinski definition) is 1. The summed E-state index contributed by atoms with van der Waals surface area (Å²) in [5.74, 6) is 0. The van der Waals surface area contributed by atoms with Gasteiger partial charge in [0, 0.05) is 6.42 Å². The first-order valence-corrected chi connectivity index (χ1v) is 4.47. The van der Waals surface area contributed by atoms with Crippen molar-refractivity contribution in [2.75, 3.05) is 6.54 Å². The number of nitrogens with two attached hydrogens (primary N) is 1. The zero-order valence-electron chi connectivity index (χ0n) is 8.36.